The van der Waals surface area contributed by atoms with Crippen molar-refractivity contribution in [3.8, 4) is 22.8 Å². The van der Waals surface area contributed by atoms with Gasteiger partial charge in [0.25, 0.3) is 5.89 Å². The van der Waals surface area contributed by atoms with E-state index in [2.05, 4.69) is 25.3 Å². The Morgan fingerprint density at radius 3 is 2.75 bits per heavy atom. The van der Waals surface area contributed by atoms with E-state index >= 15 is 0 Å². The molecule has 0 fully saturated rings. The highest BCUT2D eigenvalue weighted by Gasteiger charge is 2.11. The van der Waals surface area contributed by atoms with Crippen LogP contribution in [0.3, 0.4) is 0 Å². The summed E-state index contributed by atoms with van der Waals surface area (Å²) in [5, 5.41) is 7.12. The van der Waals surface area contributed by atoms with Gasteiger partial charge >= 0.3 is 0 Å². The molecule has 3 aromatic rings. The van der Waals surface area contributed by atoms with Crippen LogP contribution in [0.5, 0.6) is 0 Å². The Balaban J connectivity index is 1.71. The van der Waals surface area contributed by atoms with Crippen LogP contribution in [-0.2, 0) is 0 Å². The van der Waals surface area contributed by atoms with Gasteiger partial charge in [-0.15, -0.1) is 0 Å². The summed E-state index contributed by atoms with van der Waals surface area (Å²) >= 11 is 0. The summed E-state index contributed by atoms with van der Waals surface area (Å²) in [6.45, 7) is 1.73. The fourth-order valence-electron chi connectivity index (χ4n) is 2.12. The van der Waals surface area contributed by atoms with Gasteiger partial charge < -0.3 is 14.7 Å². The summed E-state index contributed by atoms with van der Waals surface area (Å²) in [5.74, 6) is 1.14. The number of halogens is 1. The van der Waals surface area contributed by atoms with Crippen LogP contribution in [0.15, 0.2) is 47.1 Å². The van der Waals surface area contributed by atoms with E-state index in [9.17, 15) is 4.39 Å². The molecule has 1 aromatic carbocycles. The molecule has 3 rings (SSSR count). The standard InChI is InChI=1S/C17H18FN5O/c1-23(2)9-8-19-15-7-6-13(11-20-15)17-21-16(22-24-17)12-4-3-5-14(18)10-12/h3-7,10-11H,8-9H2,1-2H3,(H,19,20). The van der Waals surface area contributed by atoms with Crippen molar-refractivity contribution in [2.45, 2.75) is 0 Å². The third-order valence-corrected chi connectivity index (χ3v) is 3.38. The van der Waals surface area contributed by atoms with Crippen molar-refractivity contribution in [1.29, 1.82) is 0 Å². The van der Waals surface area contributed by atoms with Gasteiger partial charge in [0.15, 0.2) is 0 Å². The first-order valence-electron chi connectivity index (χ1n) is 7.56. The van der Waals surface area contributed by atoms with E-state index in [1.54, 1.807) is 18.3 Å². The van der Waals surface area contributed by atoms with Gasteiger partial charge in [0.1, 0.15) is 11.6 Å². The van der Waals surface area contributed by atoms with Gasteiger partial charge in [0, 0.05) is 24.8 Å². The largest absolute Gasteiger partial charge is 0.369 e. The molecule has 2 heterocycles. The molecule has 0 atom stereocenters. The van der Waals surface area contributed by atoms with Crippen LogP contribution in [0.2, 0.25) is 0 Å². The van der Waals surface area contributed by atoms with Crippen LogP contribution in [0.25, 0.3) is 22.8 Å². The minimum absolute atomic E-state index is 0.339. The molecule has 0 bridgehead atoms. The summed E-state index contributed by atoms with van der Waals surface area (Å²) in [5.41, 5.74) is 1.28. The molecule has 0 radical (unpaired) electrons. The molecule has 7 heteroatoms. The zero-order valence-electron chi connectivity index (χ0n) is 13.5. The van der Waals surface area contributed by atoms with Crippen molar-refractivity contribution in [1.82, 2.24) is 20.0 Å². The Kier molecular flexibility index (Phi) is 4.81. The van der Waals surface area contributed by atoms with Crippen LogP contribution in [0.4, 0.5) is 10.2 Å². The number of nitrogens with zero attached hydrogens (tertiary/aromatic N) is 4. The molecule has 0 saturated carbocycles. The lowest BCUT2D eigenvalue weighted by molar-refractivity contribution is 0.425. The van der Waals surface area contributed by atoms with Crippen molar-refractivity contribution in [2.75, 3.05) is 32.5 Å². The quantitative estimate of drug-likeness (QED) is 0.751. The maximum absolute atomic E-state index is 13.3. The third-order valence-electron chi connectivity index (χ3n) is 3.38. The summed E-state index contributed by atoms with van der Waals surface area (Å²) < 4.78 is 18.5. The van der Waals surface area contributed by atoms with Gasteiger partial charge in [-0.3, -0.25) is 0 Å². The van der Waals surface area contributed by atoms with Gasteiger partial charge in [-0.1, -0.05) is 17.3 Å². The Labute approximate surface area is 139 Å². The lowest BCUT2D eigenvalue weighted by atomic mass is 10.2. The van der Waals surface area contributed by atoms with E-state index < -0.39 is 0 Å². The molecule has 2 aromatic heterocycles. The molecule has 24 heavy (non-hydrogen) atoms. The van der Waals surface area contributed by atoms with Crippen LogP contribution >= 0.6 is 0 Å². The summed E-state index contributed by atoms with van der Waals surface area (Å²) in [6, 6.07) is 9.79. The Hall–Kier alpha value is -2.80. The zero-order valence-corrected chi connectivity index (χ0v) is 13.5. The van der Waals surface area contributed by atoms with Gasteiger partial charge in [-0.25, -0.2) is 9.37 Å². The fourth-order valence-corrected chi connectivity index (χ4v) is 2.12. The molecule has 0 saturated heterocycles. The molecule has 0 aliphatic rings. The van der Waals surface area contributed by atoms with E-state index in [-0.39, 0.29) is 5.82 Å². The Morgan fingerprint density at radius 2 is 2.04 bits per heavy atom. The first kappa shape index (κ1) is 16.1. The van der Waals surface area contributed by atoms with Crippen molar-refractivity contribution < 1.29 is 8.91 Å². The Morgan fingerprint density at radius 1 is 1.17 bits per heavy atom. The highest BCUT2D eigenvalue weighted by Crippen LogP contribution is 2.22. The SMILES string of the molecule is CN(C)CCNc1ccc(-c2nc(-c3cccc(F)c3)no2)cn1. The number of anilines is 1. The first-order valence-corrected chi connectivity index (χ1v) is 7.56. The maximum atomic E-state index is 13.3. The van der Waals surface area contributed by atoms with Gasteiger partial charge in [0.05, 0.1) is 5.56 Å². The van der Waals surface area contributed by atoms with Crippen molar-refractivity contribution in [3.05, 3.63) is 48.4 Å². The average molecular weight is 327 g/mol. The summed E-state index contributed by atoms with van der Waals surface area (Å²) in [6.07, 6.45) is 1.67. The minimum atomic E-state index is -0.339. The van der Waals surface area contributed by atoms with Gasteiger partial charge in [-0.2, -0.15) is 4.98 Å². The number of aromatic nitrogens is 3. The highest BCUT2D eigenvalue weighted by atomic mass is 19.1. The predicted molar refractivity (Wildman–Crippen MR) is 90.0 cm³/mol. The van der Waals surface area contributed by atoms with E-state index in [4.69, 9.17) is 4.52 Å². The molecule has 6 nitrogen and oxygen atoms in total. The third kappa shape index (κ3) is 3.94. The molecule has 0 aliphatic carbocycles. The van der Waals surface area contributed by atoms with E-state index in [1.807, 2.05) is 26.2 Å². The number of nitrogens with one attached hydrogen (secondary N) is 1. The maximum Gasteiger partial charge on any atom is 0.259 e. The van der Waals surface area contributed by atoms with Crippen molar-refractivity contribution >= 4 is 5.82 Å². The number of rotatable bonds is 6. The molecule has 0 amide bonds. The van der Waals surface area contributed by atoms with Crippen LogP contribution in [-0.4, -0.2) is 47.2 Å². The summed E-state index contributed by atoms with van der Waals surface area (Å²) in [4.78, 5) is 10.7. The number of likely N-dealkylation sites (N-methyl/N-ethyl adjacent to an activating group) is 1. The van der Waals surface area contributed by atoms with Crippen molar-refractivity contribution in [2.24, 2.45) is 0 Å². The number of benzene rings is 1. The van der Waals surface area contributed by atoms with E-state index in [1.165, 1.54) is 12.1 Å². The topological polar surface area (TPSA) is 67.1 Å². The predicted octanol–water partition coefficient (Wildman–Crippen LogP) is 2.91. The van der Waals surface area contributed by atoms with E-state index in [0.29, 0.717) is 22.8 Å². The number of hydrogen-bond acceptors (Lipinski definition) is 6. The van der Waals surface area contributed by atoms with Gasteiger partial charge in [-0.05, 0) is 38.4 Å². The second-order valence-corrected chi connectivity index (χ2v) is 5.60. The van der Waals surface area contributed by atoms with Crippen LogP contribution in [0, 0.1) is 5.82 Å². The minimum Gasteiger partial charge on any atom is -0.369 e. The van der Waals surface area contributed by atoms with Gasteiger partial charge in [0.2, 0.25) is 5.82 Å². The fraction of sp³-hybridized carbons (Fsp3) is 0.235. The lowest BCUT2D eigenvalue weighted by Crippen LogP contribution is -2.21. The smallest absolute Gasteiger partial charge is 0.259 e. The zero-order chi connectivity index (χ0) is 16.9. The molecule has 0 aliphatic heterocycles. The number of hydrogen-bond donors (Lipinski definition) is 1. The summed E-state index contributed by atoms with van der Waals surface area (Å²) in [7, 11) is 4.04. The Bertz CT molecular complexity index is 801. The monoisotopic (exact) mass is 327 g/mol. The average Bonchev–Trinajstić information content (AvgIpc) is 3.05. The van der Waals surface area contributed by atoms with Crippen LogP contribution < -0.4 is 5.32 Å². The highest BCUT2D eigenvalue weighted by molar-refractivity contribution is 5.60. The molecule has 124 valence electrons. The van der Waals surface area contributed by atoms with Crippen molar-refractivity contribution in [3.63, 3.8) is 0 Å². The molecular weight excluding hydrogens is 309 g/mol. The molecule has 0 unspecified atom stereocenters. The second kappa shape index (κ2) is 7.18. The second-order valence-electron chi connectivity index (χ2n) is 5.60. The number of pyridine rings is 1. The lowest BCUT2D eigenvalue weighted by Gasteiger charge is -2.10. The first-order chi connectivity index (χ1) is 11.6. The van der Waals surface area contributed by atoms with E-state index in [0.717, 1.165) is 18.9 Å². The molecular formula is C17H18FN5O. The molecule has 0 spiro atoms. The van der Waals surface area contributed by atoms with Crippen LogP contribution in [0.1, 0.15) is 0 Å². The normalized spacial score (nSPS) is 11.0. The molecule has 1 N–H and O–H groups in total.